The number of guanidine groups is 1. The van der Waals surface area contributed by atoms with Gasteiger partial charge in [-0.2, -0.15) is 11.8 Å². The van der Waals surface area contributed by atoms with Gasteiger partial charge in [-0.3, -0.25) is 9.79 Å². The van der Waals surface area contributed by atoms with Crippen molar-refractivity contribution in [3.05, 3.63) is 23.9 Å². The summed E-state index contributed by atoms with van der Waals surface area (Å²) in [7, 11) is 1.89. The van der Waals surface area contributed by atoms with E-state index in [1.165, 1.54) is 43.4 Å². The number of thioether (sulfide) groups is 1. The summed E-state index contributed by atoms with van der Waals surface area (Å²) in [6.07, 6.45) is 10.2. The van der Waals surface area contributed by atoms with E-state index in [0.717, 1.165) is 50.8 Å². The number of aromatic nitrogens is 1. The van der Waals surface area contributed by atoms with Crippen LogP contribution in [0.2, 0.25) is 0 Å². The minimum Gasteiger partial charge on any atom is -0.369 e. The highest BCUT2D eigenvalue weighted by atomic mass is 127. The predicted octanol–water partition coefficient (Wildman–Crippen LogP) is 3.23. The summed E-state index contributed by atoms with van der Waals surface area (Å²) >= 11 is 2.18. The minimum atomic E-state index is -0.179. The number of carbonyl (C=O) groups is 1. The molecule has 3 aliphatic rings. The lowest BCUT2D eigenvalue weighted by atomic mass is 9.87. The van der Waals surface area contributed by atoms with E-state index < -0.39 is 0 Å². The Balaban J connectivity index is 0.00000289. The average Bonchev–Trinajstić information content (AvgIpc) is 2.80. The second-order valence-electron chi connectivity index (χ2n) is 9.06. The molecular weight excluding hydrogens is 535 g/mol. The van der Waals surface area contributed by atoms with Gasteiger partial charge in [0.05, 0.1) is 0 Å². The van der Waals surface area contributed by atoms with E-state index in [2.05, 4.69) is 42.9 Å². The highest BCUT2D eigenvalue weighted by molar-refractivity contribution is 14.0. The van der Waals surface area contributed by atoms with E-state index in [9.17, 15) is 4.79 Å². The Bertz CT molecular complexity index is 787. The Hall–Kier alpha value is -1.23. The van der Waals surface area contributed by atoms with E-state index in [1.54, 1.807) is 0 Å². The number of piperidine rings is 1. The summed E-state index contributed by atoms with van der Waals surface area (Å²) in [5.74, 6) is 2.98. The van der Waals surface area contributed by atoms with Crippen LogP contribution in [0, 0.1) is 5.92 Å². The van der Waals surface area contributed by atoms with Crippen LogP contribution < -0.4 is 16.0 Å². The van der Waals surface area contributed by atoms with Gasteiger partial charge < -0.3 is 20.9 Å². The molecule has 1 amide bonds. The first kappa shape index (κ1) is 25.4. The molecule has 32 heavy (non-hydrogen) atoms. The molecule has 3 fully saturated rings. The molecule has 0 radical (unpaired) electrons. The van der Waals surface area contributed by atoms with Crippen molar-refractivity contribution in [1.82, 2.24) is 15.2 Å². The predicted molar refractivity (Wildman–Crippen MR) is 144 cm³/mol. The molecule has 2 aliphatic heterocycles. The highest BCUT2D eigenvalue weighted by Crippen LogP contribution is 2.42. The first-order chi connectivity index (χ1) is 15.1. The molecule has 0 bridgehead atoms. The summed E-state index contributed by atoms with van der Waals surface area (Å²) < 4.78 is 0.415. The number of carbonyl (C=O) groups excluding carboxylic acids is 1. The van der Waals surface area contributed by atoms with Crippen LogP contribution in [0.3, 0.4) is 0 Å². The van der Waals surface area contributed by atoms with Crippen LogP contribution in [-0.4, -0.2) is 65.5 Å². The topological polar surface area (TPSA) is 86.9 Å². The summed E-state index contributed by atoms with van der Waals surface area (Å²) in [5, 5.41) is 3.61. The average molecular weight is 573 g/mol. The van der Waals surface area contributed by atoms with Crippen molar-refractivity contribution >= 4 is 53.4 Å². The normalized spacial score (nSPS) is 21.8. The SMILES string of the molecule is CN=C(NCc1cccnc1N1CCC(C(N)=O)CC1)N1CCSC2(CCCCC2)C1.I. The molecule has 3 heterocycles. The molecule has 1 aliphatic carbocycles. The van der Waals surface area contributed by atoms with Crippen LogP contribution >= 0.6 is 35.7 Å². The molecule has 178 valence electrons. The van der Waals surface area contributed by atoms with Gasteiger partial charge >= 0.3 is 0 Å². The van der Waals surface area contributed by atoms with Gasteiger partial charge in [-0.05, 0) is 31.7 Å². The smallest absolute Gasteiger partial charge is 0.220 e. The lowest BCUT2D eigenvalue weighted by Crippen LogP contribution is -2.53. The fraction of sp³-hybridized carbons (Fsp3) is 0.696. The van der Waals surface area contributed by atoms with Crippen molar-refractivity contribution < 1.29 is 4.79 Å². The monoisotopic (exact) mass is 572 g/mol. The van der Waals surface area contributed by atoms with Gasteiger partial charge in [0.2, 0.25) is 5.91 Å². The molecule has 2 saturated heterocycles. The van der Waals surface area contributed by atoms with Crippen molar-refractivity contribution in [3.8, 4) is 0 Å². The summed E-state index contributed by atoms with van der Waals surface area (Å²) in [5.41, 5.74) is 6.66. The number of pyridine rings is 1. The van der Waals surface area contributed by atoms with E-state index in [0.29, 0.717) is 11.3 Å². The van der Waals surface area contributed by atoms with Crippen molar-refractivity contribution in [3.63, 3.8) is 0 Å². The number of hydrogen-bond acceptors (Lipinski definition) is 5. The maximum Gasteiger partial charge on any atom is 0.220 e. The van der Waals surface area contributed by atoms with Gasteiger partial charge in [0, 0.05) is 67.9 Å². The van der Waals surface area contributed by atoms with Crippen LogP contribution in [0.25, 0.3) is 0 Å². The number of primary amides is 1. The molecule has 9 heteroatoms. The quantitative estimate of drug-likeness (QED) is 0.328. The Morgan fingerprint density at radius 1 is 1.28 bits per heavy atom. The third-order valence-electron chi connectivity index (χ3n) is 7.03. The summed E-state index contributed by atoms with van der Waals surface area (Å²) in [6, 6.07) is 4.13. The van der Waals surface area contributed by atoms with Crippen LogP contribution in [-0.2, 0) is 11.3 Å². The number of amides is 1. The van der Waals surface area contributed by atoms with Crippen molar-refractivity contribution in [1.29, 1.82) is 0 Å². The zero-order chi connectivity index (χ0) is 21.7. The Morgan fingerprint density at radius 3 is 2.72 bits per heavy atom. The Kier molecular flexibility index (Phi) is 9.33. The third-order valence-corrected chi connectivity index (χ3v) is 8.56. The molecule has 0 atom stereocenters. The van der Waals surface area contributed by atoms with Gasteiger partial charge in [0.15, 0.2) is 5.96 Å². The first-order valence-corrected chi connectivity index (χ1v) is 12.7. The lowest BCUT2D eigenvalue weighted by Gasteiger charge is -2.45. The van der Waals surface area contributed by atoms with Gasteiger partial charge in [-0.15, -0.1) is 24.0 Å². The third kappa shape index (κ3) is 6.01. The minimum absolute atomic E-state index is 0. The molecule has 0 unspecified atom stereocenters. The maximum atomic E-state index is 11.5. The number of hydrogen-bond donors (Lipinski definition) is 2. The second kappa shape index (κ2) is 11.8. The largest absolute Gasteiger partial charge is 0.369 e. The summed E-state index contributed by atoms with van der Waals surface area (Å²) in [4.78, 5) is 25.5. The molecule has 1 spiro atoms. The molecule has 3 N–H and O–H groups in total. The second-order valence-corrected chi connectivity index (χ2v) is 10.6. The molecule has 0 aromatic carbocycles. The van der Waals surface area contributed by atoms with Gasteiger partial charge in [0.1, 0.15) is 5.82 Å². The van der Waals surface area contributed by atoms with Crippen LogP contribution in [0.4, 0.5) is 5.82 Å². The number of aliphatic imine (C=N–C) groups is 1. The highest BCUT2D eigenvalue weighted by Gasteiger charge is 2.38. The van der Waals surface area contributed by atoms with Crippen molar-refractivity contribution in [2.45, 2.75) is 56.2 Å². The Morgan fingerprint density at radius 2 is 2.03 bits per heavy atom. The van der Waals surface area contributed by atoms with Crippen LogP contribution in [0.5, 0.6) is 0 Å². The van der Waals surface area contributed by atoms with Gasteiger partial charge in [-0.25, -0.2) is 4.98 Å². The zero-order valence-electron chi connectivity index (χ0n) is 19.1. The fourth-order valence-electron chi connectivity index (χ4n) is 5.26. The molecular formula is C23H37IN6OS. The van der Waals surface area contributed by atoms with E-state index in [4.69, 9.17) is 5.73 Å². The number of nitrogens with one attached hydrogen (secondary N) is 1. The lowest BCUT2D eigenvalue weighted by molar-refractivity contribution is -0.122. The van der Waals surface area contributed by atoms with E-state index in [-0.39, 0.29) is 35.8 Å². The molecule has 1 aromatic rings. The van der Waals surface area contributed by atoms with Crippen molar-refractivity contribution in [2.24, 2.45) is 16.6 Å². The number of halogens is 1. The number of nitrogens with two attached hydrogens (primary N) is 1. The van der Waals surface area contributed by atoms with Crippen molar-refractivity contribution in [2.75, 3.05) is 43.9 Å². The number of rotatable bonds is 4. The summed E-state index contributed by atoms with van der Waals surface area (Å²) in [6.45, 7) is 4.48. The fourth-order valence-corrected chi connectivity index (χ4v) is 6.83. The van der Waals surface area contributed by atoms with E-state index in [1.807, 2.05) is 19.3 Å². The van der Waals surface area contributed by atoms with Gasteiger partial charge in [-0.1, -0.05) is 25.3 Å². The molecule has 1 aromatic heterocycles. The van der Waals surface area contributed by atoms with Gasteiger partial charge in [0.25, 0.3) is 0 Å². The number of anilines is 1. The molecule has 1 saturated carbocycles. The molecule has 4 rings (SSSR count). The van der Waals surface area contributed by atoms with Crippen LogP contribution in [0.1, 0.15) is 50.5 Å². The van der Waals surface area contributed by atoms with Crippen LogP contribution in [0.15, 0.2) is 23.3 Å². The Labute approximate surface area is 213 Å². The standard InChI is InChI=1S/C23H36N6OS.HI/c1-25-22(29-14-15-31-23(17-29)9-3-2-4-10-23)27-16-19-6-5-11-26-21(19)28-12-7-18(8-13-28)20(24)30;/h5-6,11,18H,2-4,7-10,12-17H2,1H3,(H2,24,30)(H,25,27);1H. The maximum absolute atomic E-state index is 11.5. The molecule has 7 nitrogen and oxygen atoms in total. The van der Waals surface area contributed by atoms with E-state index >= 15 is 0 Å². The number of nitrogens with zero attached hydrogens (tertiary/aromatic N) is 4. The first-order valence-electron chi connectivity index (χ1n) is 11.7. The zero-order valence-corrected chi connectivity index (χ0v) is 22.2.